The Morgan fingerprint density at radius 1 is 0.758 bits per heavy atom. The predicted octanol–water partition coefficient (Wildman–Crippen LogP) is 7.45. The number of imidazole rings is 1. The first-order valence-electron chi connectivity index (χ1n) is 11.0. The van der Waals surface area contributed by atoms with E-state index >= 15 is 0 Å². The summed E-state index contributed by atoms with van der Waals surface area (Å²) < 4.78 is 8.63. The predicted molar refractivity (Wildman–Crippen MR) is 134 cm³/mol. The molecule has 0 N–H and O–H groups in total. The Balaban J connectivity index is 1.67. The van der Waals surface area contributed by atoms with Crippen molar-refractivity contribution in [2.24, 2.45) is 0 Å². The zero-order valence-corrected chi connectivity index (χ0v) is 18.0. The molecule has 0 radical (unpaired) electrons. The molecule has 0 aliphatic carbocycles. The monoisotopic (exact) mass is 425 g/mol. The Hall–Kier alpha value is -4.44. The molecule has 0 aliphatic rings. The van der Waals surface area contributed by atoms with Crippen LogP contribution in [0.15, 0.2) is 102 Å². The number of hydrogen-bond acceptors (Lipinski definition) is 3. The Morgan fingerprint density at radius 2 is 1.52 bits per heavy atom. The zero-order chi connectivity index (χ0) is 21.9. The highest BCUT2D eigenvalue weighted by Gasteiger charge is 2.22. The summed E-state index contributed by atoms with van der Waals surface area (Å²) in [5.74, 6) is 0.823. The van der Waals surface area contributed by atoms with Gasteiger partial charge in [0.2, 0.25) is 0 Å². The topological polar surface area (TPSA) is 43.9 Å². The first kappa shape index (κ1) is 18.2. The largest absolute Gasteiger partial charge is 0.455 e. The molecular weight excluding hydrogens is 406 g/mol. The third kappa shape index (κ3) is 2.58. The standard InChI is InChI=1S/C29H19N3O/c1-18-15-16-23(27-25(18)22-13-7-8-14-24(22)33-27)29-31-28-26(32(29)20-10-3-2-4-11-20)21-12-6-5-9-19(21)17-30-28/h2-17H,1H3. The maximum Gasteiger partial charge on any atom is 0.179 e. The molecule has 0 saturated heterocycles. The van der Waals surface area contributed by atoms with Gasteiger partial charge in [-0.3, -0.25) is 4.57 Å². The highest BCUT2D eigenvalue weighted by molar-refractivity contribution is 6.12. The number of para-hydroxylation sites is 2. The summed E-state index contributed by atoms with van der Waals surface area (Å²) in [7, 11) is 0. The van der Waals surface area contributed by atoms with Crippen LogP contribution in [-0.4, -0.2) is 14.5 Å². The lowest BCUT2D eigenvalue weighted by molar-refractivity contribution is 0.669. The molecule has 0 fully saturated rings. The average Bonchev–Trinajstić information content (AvgIpc) is 3.44. The van der Waals surface area contributed by atoms with Crippen molar-refractivity contribution in [2.75, 3.05) is 0 Å². The summed E-state index contributed by atoms with van der Waals surface area (Å²) in [4.78, 5) is 9.77. The van der Waals surface area contributed by atoms with E-state index in [4.69, 9.17) is 14.4 Å². The minimum atomic E-state index is 0.720. The molecule has 4 heteroatoms. The van der Waals surface area contributed by atoms with E-state index in [-0.39, 0.29) is 0 Å². The van der Waals surface area contributed by atoms with Crippen LogP contribution in [0, 0.1) is 6.92 Å². The fourth-order valence-electron chi connectivity index (χ4n) is 4.88. The lowest BCUT2D eigenvalue weighted by Gasteiger charge is -2.11. The number of furan rings is 1. The molecule has 0 unspecified atom stereocenters. The van der Waals surface area contributed by atoms with E-state index in [2.05, 4.69) is 78.2 Å². The minimum absolute atomic E-state index is 0.720. The summed E-state index contributed by atoms with van der Waals surface area (Å²) in [6.07, 6.45) is 1.90. The first-order valence-corrected chi connectivity index (χ1v) is 11.0. The molecule has 0 amide bonds. The number of hydrogen-bond donors (Lipinski definition) is 0. The number of rotatable bonds is 2. The van der Waals surface area contributed by atoms with E-state index in [0.29, 0.717) is 0 Å². The van der Waals surface area contributed by atoms with Gasteiger partial charge in [0.05, 0.1) is 5.56 Å². The summed E-state index contributed by atoms with van der Waals surface area (Å²) in [6.45, 7) is 2.13. The molecule has 0 saturated carbocycles. The van der Waals surface area contributed by atoms with Gasteiger partial charge in [-0.1, -0.05) is 66.7 Å². The van der Waals surface area contributed by atoms with Crippen LogP contribution >= 0.6 is 0 Å². The van der Waals surface area contributed by atoms with Gasteiger partial charge in [-0.05, 0) is 36.8 Å². The van der Waals surface area contributed by atoms with Gasteiger partial charge in [0, 0.05) is 33.4 Å². The van der Waals surface area contributed by atoms with Gasteiger partial charge < -0.3 is 4.42 Å². The van der Waals surface area contributed by atoms with Gasteiger partial charge in [-0.2, -0.15) is 0 Å². The van der Waals surface area contributed by atoms with Crippen molar-refractivity contribution in [3.63, 3.8) is 0 Å². The van der Waals surface area contributed by atoms with Gasteiger partial charge in [0.1, 0.15) is 16.7 Å². The lowest BCUT2D eigenvalue weighted by atomic mass is 10.0. The van der Waals surface area contributed by atoms with E-state index in [1.165, 1.54) is 5.56 Å². The van der Waals surface area contributed by atoms with Crippen LogP contribution in [0.4, 0.5) is 0 Å². The van der Waals surface area contributed by atoms with Crippen molar-refractivity contribution >= 4 is 43.9 Å². The maximum absolute atomic E-state index is 6.42. The molecule has 33 heavy (non-hydrogen) atoms. The SMILES string of the molecule is Cc1ccc(-c2nc3ncc4ccccc4c3n2-c2ccccc2)c2oc3ccccc3c12. The number of nitrogens with zero attached hydrogens (tertiary/aromatic N) is 3. The second kappa shape index (κ2) is 6.78. The summed E-state index contributed by atoms with van der Waals surface area (Å²) in [5, 5.41) is 4.47. The van der Waals surface area contributed by atoms with E-state index < -0.39 is 0 Å². The Bertz CT molecular complexity index is 1830. The maximum atomic E-state index is 6.42. The van der Waals surface area contributed by atoms with Crippen LogP contribution in [0.5, 0.6) is 0 Å². The summed E-state index contributed by atoms with van der Waals surface area (Å²) in [5.41, 5.74) is 6.64. The van der Waals surface area contributed by atoms with Gasteiger partial charge in [-0.15, -0.1) is 0 Å². The van der Waals surface area contributed by atoms with Crippen molar-refractivity contribution < 1.29 is 4.42 Å². The average molecular weight is 425 g/mol. The third-order valence-corrected chi connectivity index (χ3v) is 6.39. The highest BCUT2D eigenvalue weighted by Crippen LogP contribution is 2.40. The molecule has 0 aliphatic heterocycles. The number of fused-ring (bicyclic) bond motifs is 6. The van der Waals surface area contributed by atoms with Crippen LogP contribution in [0.25, 0.3) is 61.0 Å². The van der Waals surface area contributed by atoms with Crippen molar-refractivity contribution in [1.29, 1.82) is 0 Å². The summed E-state index contributed by atoms with van der Waals surface area (Å²) >= 11 is 0. The molecule has 3 aromatic heterocycles. The normalized spacial score (nSPS) is 11.8. The van der Waals surface area contributed by atoms with Crippen LogP contribution in [0.1, 0.15) is 5.56 Å². The number of aryl methyl sites for hydroxylation is 1. The van der Waals surface area contributed by atoms with E-state index in [1.807, 2.05) is 30.5 Å². The van der Waals surface area contributed by atoms with Gasteiger partial charge in [0.25, 0.3) is 0 Å². The highest BCUT2D eigenvalue weighted by atomic mass is 16.3. The molecule has 7 rings (SSSR count). The lowest BCUT2D eigenvalue weighted by Crippen LogP contribution is -1.98. The number of benzene rings is 4. The van der Waals surface area contributed by atoms with Crippen molar-refractivity contribution in [2.45, 2.75) is 6.92 Å². The third-order valence-electron chi connectivity index (χ3n) is 6.39. The quantitative estimate of drug-likeness (QED) is 0.289. The Labute approximate surface area is 189 Å². The smallest absolute Gasteiger partial charge is 0.179 e. The van der Waals surface area contributed by atoms with E-state index in [9.17, 15) is 0 Å². The number of pyridine rings is 1. The van der Waals surface area contributed by atoms with Crippen LogP contribution < -0.4 is 0 Å². The van der Waals surface area contributed by atoms with Gasteiger partial charge in [-0.25, -0.2) is 9.97 Å². The molecule has 0 atom stereocenters. The molecular formula is C29H19N3O. The van der Waals surface area contributed by atoms with Gasteiger partial charge >= 0.3 is 0 Å². The molecule has 4 nitrogen and oxygen atoms in total. The first-order chi connectivity index (χ1) is 16.3. The summed E-state index contributed by atoms with van der Waals surface area (Å²) in [6, 6.07) is 31.1. The Morgan fingerprint density at radius 3 is 2.39 bits per heavy atom. The van der Waals surface area contributed by atoms with Gasteiger partial charge in [0.15, 0.2) is 11.5 Å². The van der Waals surface area contributed by atoms with Crippen molar-refractivity contribution in [3.05, 3.63) is 103 Å². The van der Waals surface area contributed by atoms with Crippen LogP contribution in [0.2, 0.25) is 0 Å². The van der Waals surface area contributed by atoms with Crippen molar-refractivity contribution in [1.82, 2.24) is 14.5 Å². The molecule has 4 aromatic carbocycles. The second-order valence-corrected chi connectivity index (χ2v) is 8.36. The van der Waals surface area contributed by atoms with E-state index in [1.54, 1.807) is 0 Å². The zero-order valence-electron chi connectivity index (χ0n) is 18.0. The van der Waals surface area contributed by atoms with E-state index in [0.717, 1.165) is 61.0 Å². The molecule has 0 spiro atoms. The van der Waals surface area contributed by atoms with Crippen LogP contribution in [0.3, 0.4) is 0 Å². The minimum Gasteiger partial charge on any atom is -0.455 e. The molecule has 3 heterocycles. The molecule has 156 valence electrons. The number of aromatic nitrogens is 3. The van der Waals surface area contributed by atoms with Crippen molar-refractivity contribution in [3.8, 4) is 17.1 Å². The fourth-order valence-corrected chi connectivity index (χ4v) is 4.88. The fraction of sp³-hybridized carbons (Fsp3) is 0.0345. The second-order valence-electron chi connectivity index (χ2n) is 8.36. The molecule has 7 aromatic rings. The Kier molecular flexibility index (Phi) is 3.73. The molecule has 0 bridgehead atoms. The van der Waals surface area contributed by atoms with Crippen LogP contribution in [-0.2, 0) is 0 Å².